The van der Waals surface area contributed by atoms with Gasteiger partial charge in [0.2, 0.25) is 0 Å². The second-order valence-electron chi connectivity index (χ2n) is 3.84. The Kier molecular flexibility index (Phi) is 3.91. The summed E-state index contributed by atoms with van der Waals surface area (Å²) in [5, 5.41) is 3.89. The molecular weight excluding hydrogens is 262 g/mol. The number of aromatic nitrogens is 1. The molecule has 5 nitrogen and oxygen atoms in total. The minimum atomic E-state index is -3.62. The molecule has 1 aromatic heterocycles. The lowest BCUT2D eigenvalue weighted by Crippen LogP contribution is -2.19. The fourth-order valence-corrected chi connectivity index (χ4v) is 2.32. The van der Waals surface area contributed by atoms with Crippen LogP contribution >= 0.6 is 0 Å². The number of hydrazone groups is 1. The molecule has 0 fully saturated rings. The molecule has 1 heterocycles. The van der Waals surface area contributed by atoms with Crippen LogP contribution in [0, 0.1) is 0 Å². The van der Waals surface area contributed by atoms with Crippen LogP contribution in [-0.2, 0) is 10.0 Å². The number of nitrogens with zero attached hydrogens (tertiary/aromatic N) is 2. The van der Waals surface area contributed by atoms with Gasteiger partial charge in [0.25, 0.3) is 10.0 Å². The summed E-state index contributed by atoms with van der Waals surface area (Å²) < 4.78 is 23.9. The van der Waals surface area contributed by atoms with Crippen molar-refractivity contribution in [2.75, 3.05) is 0 Å². The SMILES string of the molecule is C/C(=N\NS(=O)(=O)c1ccccc1)c1ccncc1. The van der Waals surface area contributed by atoms with Gasteiger partial charge >= 0.3 is 0 Å². The topological polar surface area (TPSA) is 71.4 Å². The van der Waals surface area contributed by atoms with E-state index in [4.69, 9.17) is 0 Å². The van der Waals surface area contributed by atoms with Crippen molar-refractivity contribution in [3.63, 3.8) is 0 Å². The molecule has 6 heteroatoms. The summed E-state index contributed by atoms with van der Waals surface area (Å²) in [5.41, 5.74) is 1.38. The van der Waals surface area contributed by atoms with Crippen molar-refractivity contribution >= 4 is 15.7 Å². The van der Waals surface area contributed by atoms with Crippen molar-refractivity contribution in [1.82, 2.24) is 9.82 Å². The van der Waals surface area contributed by atoms with E-state index in [0.29, 0.717) is 5.71 Å². The van der Waals surface area contributed by atoms with E-state index in [0.717, 1.165) is 5.56 Å². The highest BCUT2D eigenvalue weighted by atomic mass is 32.2. The summed E-state index contributed by atoms with van der Waals surface area (Å²) in [6.07, 6.45) is 3.25. The lowest BCUT2D eigenvalue weighted by atomic mass is 10.2. The van der Waals surface area contributed by atoms with Crippen LogP contribution in [0.3, 0.4) is 0 Å². The monoisotopic (exact) mass is 275 g/mol. The van der Waals surface area contributed by atoms with Crippen molar-refractivity contribution in [2.24, 2.45) is 5.10 Å². The maximum atomic E-state index is 11.9. The lowest BCUT2D eigenvalue weighted by Gasteiger charge is -2.04. The number of rotatable bonds is 4. The van der Waals surface area contributed by atoms with E-state index in [1.807, 2.05) is 0 Å². The Morgan fingerprint density at radius 2 is 1.74 bits per heavy atom. The molecule has 0 spiro atoms. The number of benzene rings is 1. The first-order valence-electron chi connectivity index (χ1n) is 5.61. The highest BCUT2D eigenvalue weighted by Gasteiger charge is 2.11. The summed E-state index contributed by atoms with van der Waals surface area (Å²) >= 11 is 0. The molecule has 19 heavy (non-hydrogen) atoms. The zero-order valence-corrected chi connectivity index (χ0v) is 11.1. The summed E-state index contributed by atoms with van der Waals surface area (Å²) in [7, 11) is -3.62. The van der Waals surface area contributed by atoms with Crippen molar-refractivity contribution in [2.45, 2.75) is 11.8 Å². The van der Waals surface area contributed by atoms with Gasteiger partial charge in [0.1, 0.15) is 0 Å². The number of pyridine rings is 1. The molecular formula is C13H13N3O2S. The van der Waals surface area contributed by atoms with Gasteiger partial charge in [-0.3, -0.25) is 4.98 Å². The van der Waals surface area contributed by atoms with E-state index in [2.05, 4.69) is 14.9 Å². The van der Waals surface area contributed by atoms with Gasteiger partial charge in [-0.05, 0) is 31.2 Å². The predicted octanol–water partition coefficient (Wildman–Crippen LogP) is 1.78. The van der Waals surface area contributed by atoms with Gasteiger partial charge in [-0.25, -0.2) is 0 Å². The third kappa shape index (κ3) is 3.38. The average molecular weight is 275 g/mol. The minimum absolute atomic E-state index is 0.182. The number of sulfonamides is 1. The van der Waals surface area contributed by atoms with Crippen LogP contribution in [0.5, 0.6) is 0 Å². The second kappa shape index (κ2) is 5.62. The molecule has 0 aliphatic heterocycles. The van der Waals surface area contributed by atoms with Gasteiger partial charge in [0, 0.05) is 18.0 Å². The quantitative estimate of drug-likeness (QED) is 0.683. The van der Waals surface area contributed by atoms with Crippen LogP contribution in [0.25, 0.3) is 0 Å². The molecule has 98 valence electrons. The molecule has 0 unspecified atom stereocenters. The first kappa shape index (κ1) is 13.2. The average Bonchev–Trinajstić information content (AvgIpc) is 2.47. The number of nitrogens with one attached hydrogen (secondary N) is 1. The minimum Gasteiger partial charge on any atom is -0.265 e. The maximum Gasteiger partial charge on any atom is 0.276 e. The van der Waals surface area contributed by atoms with Gasteiger partial charge in [-0.1, -0.05) is 18.2 Å². The maximum absolute atomic E-state index is 11.9. The summed E-state index contributed by atoms with van der Waals surface area (Å²) in [6, 6.07) is 11.6. The molecule has 1 aromatic carbocycles. The van der Waals surface area contributed by atoms with Gasteiger partial charge in [-0.2, -0.15) is 18.4 Å². The Bertz CT molecular complexity index is 668. The van der Waals surface area contributed by atoms with Gasteiger partial charge in [-0.15, -0.1) is 0 Å². The van der Waals surface area contributed by atoms with E-state index in [9.17, 15) is 8.42 Å². The lowest BCUT2D eigenvalue weighted by molar-refractivity contribution is 0.584. The van der Waals surface area contributed by atoms with E-state index in [1.165, 1.54) is 12.1 Å². The zero-order chi connectivity index (χ0) is 13.7. The summed E-state index contributed by atoms with van der Waals surface area (Å²) in [4.78, 5) is 6.29. The van der Waals surface area contributed by atoms with Crippen LogP contribution in [0.15, 0.2) is 64.9 Å². The molecule has 0 aliphatic rings. The number of hydrogen-bond donors (Lipinski definition) is 1. The normalized spacial score (nSPS) is 12.2. The highest BCUT2D eigenvalue weighted by molar-refractivity contribution is 7.89. The molecule has 2 rings (SSSR count). The first-order valence-corrected chi connectivity index (χ1v) is 7.09. The molecule has 2 aromatic rings. The second-order valence-corrected chi connectivity index (χ2v) is 5.50. The molecule has 0 amide bonds. The standard InChI is InChI=1S/C13H13N3O2S/c1-11(12-7-9-14-10-8-12)15-16-19(17,18)13-5-3-2-4-6-13/h2-10,16H,1H3/b15-11+. The van der Waals surface area contributed by atoms with Crippen LogP contribution in [0.4, 0.5) is 0 Å². The third-order valence-electron chi connectivity index (χ3n) is 2.49. The van der Waals surface area contributed by atoms with Gasteiger partial charge < -0.3 is 0 Å². The summed E-state index contributed by atoms with van der Waals surface area (Å²) in [5.74, 6) is 0. The molecule has 0 saturated heterocycles. The Hall–Kier alpha value is -2.21. The van der Waals surface area contributed by atoms with E-state index >= 15 is 0 Å². The largest absolute Gasteiger partial charge is 0.276 e. The van der Waals surface area contributed by atoms with Gasteiger partial charge in [0.05, 0.1) is 10.6 Å². The third-order valence-corrected chi connectivity index (χ3v) is 3.71. The smallest absolute Gasteiger partial charge is 0.265 e. The fourth-order valence-electron chi connectivity index (χ4n) is 1.44. The van der Waals surface area contributed by atoms with Crippen LogP contribution in [-0.4, -0.2) is 19.1 Å². The predicted molar refractivity (Wildman–Crippen MR) is 73.2 cm³/mol. The van der Waals surface area contributed by atoms with Crippen molar-refractivity contribution in [1.29, 1.82) is 0 Å². The Labute approximate surface area is 112 Å². The molecule has 0 saturated carbocycles. The Balaban J connectivity index is 2.19. The molecule has 0 aliphatic carbocycles. The van der Waals surface area contributed by atoms with E-state index in [-0.39, 0.29) is 4.90 Å². The van der Waals surface area contributed by atoms with Crippen molar-refractivity contribution < 1.29 is 8.42 Å². The molecule has 0 radical (unpaired) electrons. The van der Waals surface area contributed by atoms with Crippen LogP contribution in [0.2, 0.25) is 0 Å². The Morgan fingerprint density at radius 1 is 1.11 bits per heavy atom. The fraction of sp³-hybridized carbons (Fsp3) is 0.0769. The number of hydrogen-bond acceptors (Lipinski definition) is 4. The highest BCUT2D eigenvalue weighted by Crippen LogP contribution is 2.07. The zero-order valence-electron chi connectivity index (χ0n) is 10.3. The molecule has 0 bridgehead atoms. The van der Waals surface area contributed by atoms with Crippen LogP contribution < -0.4 is 4.83 Å². The first-order chi connectivity index (χ1) is 9.09. The van der Waals surface area contributed by atoms with Crippen molar-refractivity contribution in [3.8, 4) is 0 Å². The molecule has 1 N–H and O–H groups in total. The molecule has 0 atom stereocenters. The van der Waals surface area contributed by atoms with E-state index < -0.39 is 10.0 Å². The van der Waals surface area contributed by atoms with E-state index in [1.54, 1.807) is 49.6 Å². The van der Waals surface area contributed by atoms with Crippen LogP contribution in [0.1, 0.15) is 12.5 Å². The van der Waals surface area contributed by atoms with Gasteiger partial charge in [0.15, 0.2) is 0 Å². The Morgan fingerprint density at radius 3 is 2.37 bits per heavy atom. The summed E-state index contributed by atoms with van der Waals surface area (Å²) in [6.45, 7) is 1.73. The van der Waals surface area contributed by atoms with Crippen molar-refractivity contribution in [3.05, 3.63) is 60.4 Å².